The van der Waals surface area contributed by atoms with Gasteiger partial charge in [0.25, 0.3) is 10.0 Å². The van der Waals surface area contributed by atoms with Crippen molar-refractivity contribution < 1.29 is 22.6 Å². The number of nitrogens with zero attached hydrogens (tertiary/aromatic N) is 2. The number of aryl methyl sites for hydroxylation is 1. The van der Waals surface area contributed by atoms with E-state index in [4.69, 9.17) is 14.2 Å². The van der Waals surface area contributed by atoms with E-state index >= 15 is 0 Å². The molecule has 0 spiro atoms. The van der Waals surface area contributed by atoms with E-state index in [1.54, 1.807) is 67.8 Å². The number of ether oxygens (including phenoxy) is 3. The van der Waals surface area contributed by atoms with E-state index in [1.165, 1.54) is 0 Å². The van der Waals surface area contributed by atoms with Gasteiger partial charge in [-0.2, -0.15) is 0 Å². The second-order valence-electron chi connectivity index (χ2n) is 7.39. The molecular formula is C23H20N4O5S. The molecule has 1 aliphatic heterocycles. The van der Waals surface area contributed by atoms with Crippen molar-refractivity contribution in [1.82, 2.24) is 9.97 Å². The minimum absolute atomic E-state index is 0.0610. The highest BCUT2D eigenvalue weighted by atomic mass is 32.2. The second-order valence-corrected chi connectivity index (χ2v) is 9.07. The molecule has 1 aromatic heterocycles. The van der Waals surface area contributed by atoms with Crippen LogP contribution in [0.5, 0.6) is 17.2 Å². The number of sulfonamides is 1. The first kappa shape index (κ1) is 20.8. The summed E-state index contributed by atoms with van der Waals surface area (Å²) in [6, 6.07) is 17.0. The molecule has 0 amide bonds. The van der Waals surface area contributed by atoms with Crippen LogP contribution < -0.4 is 24.2 Å². The highest BCUT2D eigenvalue weighted by Crippen LogP contribution is 2.36. The van der Waals surface area contributed by atoms with Crippen molar-refractivity contribution in [2.45, 2.75) is 11.8 Å². The van der Waals surface area contributed by atoms with Crippen molar-refractivity contribution in [2.75, 3.05) is 23.9 Å². The fourth-order valence-corrected chi connectivity index (χ4v) is 4.34. The molecule has 0 fully saturated rings. The Kier molecular flexibility index (Phi) is 5.14. The molecule has 1 aliphatic rings. The van der Waals surface area contributed by atoms with Gasteiger partial charge in [0.05, 0.1) is 23.0 Å². The van der Waals surface area contributed by atoms with E-state index in [2.05, 4.69) is 20.0 Å². The lowest BCUT2D eigenvalue weighted by molar-refractivity contribution is 0.174. The Labute approximate surface area is 190 Å². The summed E-state index contributed by atoms with van der Waals surface area (Å²) in [7, 11) is -2.34. The average Bonchev–Trinajstić information content (AvgIpc) is 3.27. The number of hydrogen-bond acceptors (Lipinski definition) is 8. The SMILES string of the molecule is COc1ccc2nc(NS(=O)(=O)c3ccc(C)cc3)c(Nc3ccc4c(c3)OCO4)nc2c1. The lowest BCUT2D eigenvalue weighted by atomic mass is 10.2. The first-order chi connectivity index (χ1) is 15.9. The monoisotopic (exact) mass is 464 g/mol. The van der Waals surface area contributed by atoms with Crippen LogP contribution in [0.4, 0.5) is 17.3 Å². The van der Waals surface area contributed by atoms with Gasteiger partial charge in [-0.15, -0.1) is 0 Å². The Bertz CT molecular complexity index is 1460. The van der Waals surface area contributed by atoms with Crippen molar-refractivity contribution in [1.29, 1.82) is 0 Å². The van der Waals surface area contributed by atoms with Gasteiger partial charge in [-0.1, -0.05) is 17.7 Å². The highest BCUT2D eigenvalue weighted by Gasteiger charge is 2.20. The average molecular weight is 465 g/mol. The van der Waals surface area contributed by atoms with Gasteiger partial charge < -0.3 is 19.5 Å². The molecule has 0 atom stereocenters. The maximum absolute atomic E-state index is 13.0. The van der Waals surface area contributed by atoms with Crippen LogP contribution in [-0.4, -0.2) is 32.3 Å². The fourth-order valence-electron chi connectivity index (χ4n) is 3.33. The third-order valence-corrected chi connectivity index (χ3v) is 6.42. The molecule has 9 nitrogen and oxygen atoms in total. The lowest BCUT2D eigenvalue weighted by Crippen LogP contribution is -2.16. The van der Waals surface area contributed by atoms with Crippen molar-refractivity contribution in [3.8, 4) is 17.2 Å². The summed E-state index contributed by atoms with van der Waals surface area (Å²) in [5.41, 5.74) is 2.63. The number of aromatic nitrogens is 2. The molecular weight excluding hydrogens is 444 g/mol. The van der Waals surface area contributed by atoms with Crippen LogP contribution in [0.1, 0.15) is 5.56 Å². The Morgan fingerprint density at radius 3 is 2.42 bits per heavy atom. The van der Waals surface area contributed by atoms with E-state index in [0.717, 1.165) is 5.56 Å². The smallest absolute Gasteiger partial charge is 0.263 e. The van der Waals surface area contributed by atoms with Gasteiger partial charge in [-0.25, -0.2) is 18.4 Å². The summed E-state index contributed by atoms with van der Waals surface area (Å²) < 4.78 is 44.7. The number of nitrogens with one attached hydrogen (secondary N) is 2. The predicted octanol–water partition coefficient (Wildman–Crippen LogP) is 4.22. The molecule has 0 saturated heterocycles. The number of fused-ring (bicyclic) bond motifs is 2. The summed E-state index contributed by atoms with van der Waals surface area (Å²) in [6.07, 6.45) is 0. The van der Waals surface area contributed by atoms with Crippen LogP contribution in [0.2, 0.25) is 0 Å². The predicted molar refractivity (Wildman–Crippen MR) is 124 cm³/mol. The Morgan fingerprint density at radius 2 is 1.64 bits per heavy atom. The third kappa shape index (κ3) is 4.20. The summed E-state index contributed by atoms with van der Waals surface area (Å²) in [6.45, 7) is 2.04. The highest BCUT2D eigenvalue weighted by molar-refractivity contribution is 7.92. The van der Waals surface area contributed by atoms with Gasteiger partial charge in [0.15, 0.2) is 23.1 Å². The largest absolute Gasteiger partial charge is 0.497 e. The molecule has 5 rings (SSSR count). The zero-order valence-corrected chi connectivity index (χ0v) is 18.6. The summed E-state index contributed by atoms with van der Waals surface area (Å²) in [5.74, 6) is 2.11. The molecule has 2 N–H and O–H groups in total. The zero-order valence-electron chi connectivity index (χ0n) is 17.8. The van der Waals surface area contributed by atoms with E-state index < -0.39 is 10.0 Å². The topological polar surface area (TPSA) is 112 Å². The molecule has 0 unspecified atom stereocenters. The van der Waals surface area contributed by atoms with Gasteiger partial charge in [0, 0.05) is 17.8 Å². The summed E-state index contributed by atoms with van der Waals surface area (Å²) >= 11 is 0. The minimum atomic E-state index is -3.90. The lowest BCUT2D eigenvalue weighted by Gasteiger charge is -2.14. The Hall–Kier alpha value is -4.05. The Morgan fingerprint density at radius 1 is 0.879 bits per heavy atom. The maximum Gasteiger partial charge on any atom is 0.263 e. The van der Waals surface area contributed by atoms with Crippen LogP contribution >= 0.6 is 0 Å². The van der Waals surface area contributed by atoms with E-state index in [9.17, 15) is 8.42 Å². The zero-order chi connectivity index (χ0) is 23.0. The number of benzene rings is 3. The van der Waals surface area contributed by atoms with Crippen molar-refractivity contribution in [3.05, 3.63) is 66.2 Å². The molecule has 0 saturated carbocycles. The first-order valence-corrected chi connectivity index (χ1v) is 11.5. The van der Waals surface area contributed by atoms with Crippen LogP contribution in [-0.2, 0) is 10.0 Å². The van der Waals surface area contributed by atoms with E-state index in [1.807, 2.05) is 6.92 Å². The van der Waals surface area contributed by atoms with Gasteiger partial charge >= 0.3 is 0 Å². The normalized spacial score (nSPS) is 12.5. The number of rotatable bonds is 6. The van der Waals surface area contributed by atoms with Crippen molar-refractivity contribution in [3.63, 3.8) is 0 Å². The standard InChI is InChI=1S/C23H20N4O5S/c1-14-3-7-17(8-4-14)33(28,29)27-23-22(24-15-5-10-20-21(11-15)32-13-31-20)26-19-12-16(30-2)6-9-18(19)25-23/h3-12H,13H2,1-2H3,(H,24,26)(H,25,27). The van der Waals surface area contributed by atoms with Crippen LogP contribution in [0, 0.1) is 6.92 Å². The van der Waals surface area contributed by atoms with Gasteiger partial charge in [-0.3, -0.25) is 4.72 Å². The summed E-state index contributed by atoms with van der Waals surface area (Å²) in [4.78, 5) is 9.26. The van der Waals surface area contributed by atoms with Crippen molar-refractivity contribution in [2.24, 2.45) is 0 Å². The maximum atomic E-state index is 13.0. The molecule has 33 heavy (non-hydrogen) atoms. The third-order valence-electron chi connectivity index (χ3n) is 5.07. The number of methoxy groups -OCH3 is 1. The number of hydrogen-bond donors (Lipinski definition) is 2. The van der Waals surface area contributed by atoms with Gasteiger partial charge in [-0.05, 0) is 43.3 Å². The van der Waals surface area contributed by atoms with Gasteiger partial charge in [0.2, 0.25) is 6.79 Å². The van der Waals surface area contributed by atoms with Gasteiger partial charge in [0.1, 0.15) is 5.75 Å². The quantitative estimate of drug-likeness (QED) is 0.436. The minimum Gasteiger partial charge on any atom is -0.497 e. The molecule has 2 heterocycles. The van der Waals surface area contributed by atoms with Crippen LogP contribution in [0.3, 0.4) is 0 Å². The summed E-state index contributed by atoms with van der Waals surface area (Å²) in [5, 5.41) is 3.14. The first-order valence-electron chi connectivity index (χ1n) is 10.0. The number of anilines is 3. The van der Waals surface area contributed by atoms with Crippen molar-refractivity contribution >= 4 is 38.4 Å². The van der Waals surface area contributed by atoms with Crippen LogP contribution in [0.25, 0.3) is 11.0 Å². The second kappa shape index (κ2) is 8.14. The molecule has 0 bridgehead atoms. The molecule has 10 heteroatoms. The van der Waals surface area contributed by atoms with Crippen LogP contribution in [0.15, 0.2) is 65.6 Å². The molecule has 168 valence electrons. The molecule has 4 aromatic rings. The van der Waals surface area contributed by atoms with E-state index in [-0.39, 0.29) is 23.3 Å². The van der Waals surface area contributed by atoms with E-state index in [0.29, 0.717) is 34.0 Å². The molecule has 0 aliphatic carbocycles. The molecule has 0 radical (unpaired) electrons. The Balaban J connectivity index is 1.57. The fraction of sp³-hybridized carbons (Fsp3) is 0.130. The molecule has 3 aromatic carbocycles.